The van der Waals surface area contributed by atoms with E-state index >= 15 is 0 Å². The van der Waals surface area contributed by atoms with Crippen molar-refractivity contribution in [2.75, 3.05) is 6.54 Å². The van der Waals surface area contributed by atoms with Crippen molar-refractivity contribution in [1.82, 2.24) is 15.5 Å². The molecule has 1 aromatic carbocycles. The topological polar surface area (TPSA) is 94.0 Å². The quantitative estimate of drug-likeness (QED) is 0.850. The SMILES string of the molecule is Cc1noc(-c2ccccc2C(=O)NC(CN)C2CCCCC2)n1.Cl. The molecule has 3 N–H and O–H groups in total. The summed E-state index contributed by atoms with van der Waals surface area (Å²) in [5.74, 6) is 1.23. The van der Waals surface area contributed by atoms with Crippen molar-refractivity contribution in [3.05, 3.63) is 35.7 Å². The maximum Gasteiger partial charge on any atom is 0.258 e. The second-order valence-corrected chi connectivity index (χ2v) is 6.41. The number of amides is 1. The number of benzene rings is 1. The number of nitrogens with zero attached hydrogens (tertiary/aromatic N) is 2. The monoisotopic (exact) mass is 364 g/mol. The second-order valence-electron chi connectivity index (χ2n) is 6.41. The summed E-state index contributed by atoms with van der Waals surface area (Å²) in [6.45, 7) is 2.21. The highest BCUT2D eigenvalue weighted by molar-refractivity contribution is 6.00. The lowest BCUT2D eigenvalue weighted by Crippen LogP contribution is -2.46. The highest BCUT2D eigenvalue weighted by Crippen LogP contribution is 2.27. The van der Waals surface area contributed by atoms with Crippen LogP contribution in [0, 0.1) is 12.8 Å². The predicted molar refractivity (Wildman–Crippen MR) is 98.6 cm³/mol. The van der Waals surface area contributed by atoms with E-state index in [1.165, 1.54) is 19.3 Å². The van der Waals surface area contributed by atoms with Crippen molar-refractivity contribution in [3.8, 4) is 11.5 Å². The number of aromatic nitrogens is 2. The third-order valence-corrected chi connectivity index (χ3v) is 4.72. The Labute approximate surface area is 154 Å². The summed E-state index contributed by atoms with van der Waals surface area (Å²) in [5.41, 5.74) is 7.11. The van der Waals surface area contributed by atoms with Crippen molar-refractivity contribution in [1.29, 1.82) is 0 Å². The van der Waals surface area contributed by atoms with Crippen LogP contribution >= 0.6 is 12.4 Å². The molecule has 2 aromatic rings. The van der Waals surface area contributed by atoms with Gasteiger partial charge in [-0.1, -0.05) is 36.6 Å². The maximum absolute atomic E-state index is 12.8. The molecule has 1 aliphatic carbocycles. The lowest BCUT2D eigenvalue weighted by Gasteiger charge is -2.30. The van der Waals surface area contributed by atoms with E-state index in [0.717, 1.165) is 12.8 Å². The van der Waals surface area contributed by atoms with E-state index in [0.29, 0.717) is 35.3 Å². The first-order valence-electron chi connectivity index (χ1n) is 8.59. The number of rotatable bonds is 5. The van der Waals surface area contributed by atoms with E-state index in [2.05, 4.69) is 15.5 Å². The molecule has 0 radical (unpaired) electrons. The number of halogens is 1. The third-order valence-electron chi connectivity index (χ3n) is 4.72. The van der Waals surface area contributed by atoms with E-state index in [4.69, 9.17) is 10.3 Å². The molecular formula is C18H25ClN4O2. The molecular weight excluding hydrogens is 340 g/mol. The number of hydrogen-bond acceptors (Lipinski definition) is 5. The zero-order valence-electron chi connectivity index (χ0n) is 14.4. The number of carbonyl (C=O) groups excluding carboxylic acids is 1. The van der Waals surface area contributed by atoms with Crippen LogP contribution in [0.5, 0.6) is 0 Å². The van der Waals surface area contributed by atoms with Crippen LogP contribution in [0.25, 0.3) is 11.5 Å². The zero-order valence-corrected chi connectivity index (χ0v) is 15.2. The second kappa shape index (κ2) is 8.97. The van der Waals surface area contributed by atoms with Crippen LogP contribution in [0.1, 0.15) is 48.3 Å². The molecule has 25 heavy (non-hydrogen) atoms. The zero-order chi connectivity index (χ0) is 16.9. The lowest BCUT2D eigenvalue weighted by molar-refractivity contribution is 0.0916. The normalized spacial score (nSPS) is 16.1. The van der Waals surface area contributed by atoms with Crippen molar-refractivity contribution in [2.45, 2.75) is 45.1 Å². The smallest absolute Gasteiger partial charge is 0.258 e. The van der Waals surface area contributed by atoms with Gasteiger partial charge in [-0.3, -0.25) is 4.79 Å². The molecule has 1 heterocycles. The molecule has 1 unspecified atom stereocenters. The van der Waals surface area contributed by atoms with Crippen molar-refractivity contribution < 1.29 is 9.32 Å². The Morgan fingerprint density at radius 1 is 1.32 bits per heavy atom. The average Bonchev–Trinajstić information content (AvgIpc) is 3.06. The molecule has 3 rings (SSSR count). The Balaban J connectivity index is 0.00000225. The number of carbonyl (C=O) groups is 1. The molecule has 1 fully saturated rings. The van der Waals surface area contributed by atoms with Crippen molar-refractivity contribution in [2.24, 2.45) is 11.7 Å². The van der Waals surface area contributed by atoms with Gasteiger partial charge in [0.15, 0.2) is 5.82 Å². The summed E-state index contributed by atoms with van der Waals surface area (Å²) in [6.07, 6.45) is 5.98. The molecule has 1 saturated carbocycles. The first-order valence-corrected chi connectivity index (χ1v) is 8.59. The summed E-state index contributed by atoms with van der Waals surface area (Å²) in [5, 5.41) is 6.92. The molecule has 0 spiro atoms. The van der Waals surface area contributed by atoms with E-state index in [1.807, 2.05) is 18.2 Å². The van der Waals surface area contributed by atoms with Gasteiger partial charge in [0.2, 0.25) is 0 Å². The molecule has 0 saturated heterocycles. The summed E-state index contributed by atoms with van der Waals surface area (Å²) in [4.78, 5) is 17.0. The van der Waals surface area contributed by atoms with Crippen molar-refractivity contribution in [3.63, 3.8) is 0 Å². The fourth-order valence-electron chi connectivity index (χ4n) is 3.43. The number of nitrogens with one attached hydrogen (secondary N) is 1. The molecule has 6 nitrogen and oxygen atoms in total. The maximum atomic E-state index is 12.8. The van der Waals surface area contributed by atoms with E-state index in [1.54, 1.807) is 13.0 Å². The first kappa shape index (κ1) is 19.4. The van der Waals surface area contributed by atoms with Crippen LogP contribution < -0.4 is 11.1 Å². The van der Waals surface area contributed by atoms with Gasteiger partial charge < -0.3 is 15.6 Å². The van der Waals surface area contributed by atoms with Gasteiger partial charge in [-0.25, -0.2) is 0 Å². The predicted octanol–water partition coefficient (Wildman–Crippen LogP) is 3.10. The molecule has 1 aliphatic rings. The molecule has 1 aromatic heterocycles. The van der Waals surface area contributed by atoms with Gasteiger partial charge in [-0.15, -0.1) is 12.4 Å². The van der Waals surface area contributed by atoms with Gasteiger partial charge in [0.25, 0.3) is 11.8 Å². The third kappa shape index (κ3) is 4.58. The first-order chi connectivity index (χ1) is 11.7. The molecule has 1 atom stereocenters. The van der Waals surface area contributed by atoms with Gasteiger partial charge in [-0.2, -0.15) is 4.98 Å². The van der Waals surface area contributed by atoms with Gasteiger partial charge in [0.05, 0.1) is 11.1 Å². The number of hydrogen-bond donors (Lipinski definition) is 2. The van der Waals surface area contributed by atoms with Gasteiger partial charge in [0.1, 0.15) is 0 Å². The fraction of sp³-hybridized carbons (Fsp3) is 0.500. The lowest BCUT2D eigenvalue weighted by atomic mass is 9.83. The minimum atomic E-state index is -0.137. The summed E-state index contributed by atoms with van der Waals surface area (Å²) >= 11 is 0. The Morgan fingerprint density at radius 3 is 2.68 bits per heavy atom. The minimum Gasteiger partial charge on any atom is -0.348 e. The van der Waals surface area contributed by atoms with Gasteiger partial charge in [-0.05, 0) is 37.8 Å². The van der Waals surface area contributed by atoms with E-state index in [-0.39, 0.29) is 24.4 Å². The Bertz CT molecular complexity index is 698. The average molecular weight is 365 g/mol. The summed E-state index contributed by atoms with van der Waals surface area (Å²) in [7, 11) is 0. The summed E-state index contributed by atoms with van der Waals surface area (Å²) < 4.78 is 5.22. The summed E-state index contributed by atoms with van der Waals surface area (Å²) in [6, 6.07) is 7.29. The van der Waals surface area contributed by atoms with Crippen LogP contribution in [-0.4, -0.2) is 28.6 Å². The largest absolute Gasteiger partial charge is 0.348 e. The molecule has 0 aliphatic heterocycles. The molecule has 1 amide bonds. The minimum absolute atomic E-state index is 0. The Kier molecular flexibility index (Phi) is 6.96. The van der Waals surface area contributed by atoms with Crippen LogP contribution in [0.15, 0.2) is 28.8 Å². The van der Waals surface area contributed by atoms with Gasteiger partial charge >= 0.3 is 0 Å². The molecule has 136 valence electrons. The van der Waals surface area contributed by atoms with Crippen LogP contribution in [0.4, 0.5) is 0 Å². The van der Waals surface area contributed by atoms with E-state index in [9.17, 15) is 4.79 Å². The number of nitrogens with two attached hydrogens (primary N) is 1. The highest BCUT2D eigenvalue weighted by atomic mass is 35.5. The fourth-order valence-corrected chi connectivity index (χ4v) is 3.43. The standard InChI is InChI=1S/C18H24N4O2.ClH/c1-12-20-18(24-22-12)15-10-6-5-9-14(15)17(23)21-16(11-19)13-7-3-2-4-8-13;/h5-6,9-10,13,16H,2-4,7-8,11,19H2,1H3,(H,21,23);1H. The van der Waals surface area contributed by atoms with Crippen molar-refractivity contribution >= 4 is 18.3 Å². The Morgan fingerprint density at radius 2 is 2.04 bits per heavy atom. The number of aryl methyl sites for hydroxylation is 1. The van der Waals surface area contributed by atoms with Gasteiger partial charge in [0, 0.05) is 12.6 Å². The Hall–Kier alpha value is -1.92. The molecule has 0 bridgehead atoms. The van der Waals surface area contributed by atoms with Crippen LogP contribution in [0.2, 0.25) is 0 Å². The van der Waals surface area contributed by atoms with Crippen LogP contribution in [0.3, 0.4) is 0 Å². The van der Waals surface area contributed by atoms with Crippen LogP contribution in [-0.2, 0) is 0 Å². The van der Waals surface area contributed by atoms with E-state index < -0.39 is 0 Å². The molecule has 7 heteroatoms. The highest BCUT2D eigenvalue weighted by Gasteiger charge is 2.25.